The van der Waals surface area contributed by atoms with Crippen LogP contribution in [0.1, 0.15) is 52.9 Å². The third-order valence-corrected chi connectivity index (χ3v) is 2.99. The number of nitrogens with one attached hydrogen (secondary N) is 1. The highest BCUT2D eigenvalue weighted by molar-refractivity contribution is 6.02. The zero-order valence-electron chi connectivity index (χ0n) is 12.0. The number of aromatic nitrogens is 1. The van der Waals surface area contributed by atoms with Gasteiger partial charge in [0.25, 0.3) is 5.91 Å². The van der Waals surface area contributed by atoms with Crippen LogP contribution in [0.25, 0.3) is 0 Å². The Morgan fingerprint density at radius 2 is 1.83 bits per heavy atom. The van der Waals surface area contributed by atoms with E-state index in [9.17, 15) is 9.59 Å². The Balaban J connectivity index is 3.08. The van der Waals surface area contributed by atoms with Gasteiger partial charge >= 0.3 is 0 Å². The van der Waals surface area contributed by atoms with Gasteiger partial charge < -0.3 is 9.88 Å². The minimum absolute atomic E-state index is 0.00758. The summed E-state index contributed by atoms with van der Waals surface area (Å²) in [7, 11) is 1.78. The van der Waals surface area contributed by atoms with Crippen LogP contribution >= 0.6 is 0 Å². The Morgan fingerprint density at radius 1 is 1.28 bits per heavy atom. The van der Waals surface area contributed by atoms with Crippen molar-refractivity contribution in [3.05, 3.63) is 22.5 Å². The predicted molar refractivity (Wildman–Crippen MR) is 72.1 cm³/mol. The van der Waals surface area contributed by atoms with Crippen molar-refractivity contribution in [1.29, 1.82) is 0 Å². The molecule has 0 fully saturated rings. The van der Waals surface area contributed by atoms with Crippen molar-refractivity contribution >= 4 is 11.7 Å². The third kappa shape index (κ3) is 2.81. The van der Waals surface area contributed by atoms with Crippen molar-refractivity contribution in [1.82, 2.24) is 9.88 Å². The Kier molecular flexibility index (Phi) is 4.33. The fourth-order valence-electron chi connectivity index (χ4n) is 2.31. The van der Waals surface area contributed by atoms with E-state index in [0.29, 0.717) is 23.7 Å². The van der Waals surface area contributed by atoms with Crippen molar-refractivity contribution < 1.29 is 9.59 Å². The van der Waals surface area contributed by atoms with Gasteiger partial charge in [0, 0.05) is 24.8 Å². The molecule has 1 aromatic heterocycles. The van der Waals surface area contributed by atoms with Gasteiger partial charge in [-0.25, -0.2) is 0 Å². The molecule has 0 aliphatic rings. The van der Waals surface area contributed by atoms with Gasteiger partial charge in [-0.2, -0.15) is 0 Å². The lowest BCUT2D eigenvalue weighted by atomic mass is 10.1. The molecule has 0 saturated carbocycles. The lowest BCUT2D eigenvalue weighted by Gasteiger charge is -2.19. The molecule has 4 heteroatoms. The number of amides is 1. The first kappa shape index (κ1) is 14.5. The summed E-state index contributed by atoms with van der Waals surface area (Å²) in [6, 6.07) is 0. The molecule has 0 aromatic carbocycles. The maximum absolute atomic E-state index is 12.3. The SMILES string of the molecule is CC(=O)c1c(C)[nH]c(C(=O)N(C)CC(C)C)c1C. The van der Waals surface area contributed by atoms with E-state index in [4.69, 9.17) is 0 Å². The quantitative estimate of drug-likeness (QED) is 0.835. The second kappa shape index (κ2) is 5.38. The standard InChI is InChI=1S/C14H22N2O2/c1-8(2)7-16(6)14(18)13-9(3)12(11(5)17)10(4)15-13/h8,15H,7H2,1-6H3. The summed E-state index contributed by atoms with van der Waals surface area (Å²) >= 11 is 0. The highest BCUT2D eigenvalue weighted by Crippen LogP contribution is 2.19. The molecule has 0 atom stereocenters. The average molecular weight is 250 g/mol. The van der Waals surface area contributed by atoms with Gasteiger partial charge in [0.2, 0.25) is 0 Å². The molecule has 1 N–H and O–H groups in total. The Labute approximate surface area is 108 Å². The van der Waals surface area contributed by atoms with Crippen molar-refractivity contribution in [2.75, 3.05) is 13.6 Å². The summed E-state index contributed by atoms with van der Waals surface area (Å²) in [6.07, 6.45) is 0. The molecular weight excluding hydrogens is 228 g/mol. The van der Waals surface area contributed by atoms with Gasteiger partial charge in [0.05, 0.1) is 0 Å². The van der Waals surface area contributed by atoms with Crippen LogP contribution in [0.4, 0.5) is 0 Å². The molecule has 1 rings (SSSR count). The van der Waals surface area contributed by atoms with E-state index in [-0.39, 0.29) is 11.7 Å². The van der Waals surface area contributed by atoms with Crippen LogP contribution in [-0.2, 0) is 0 Å². The van der Waals surface area contributed by atoms with E-state index in [1.165, 1.54) is 6.92 Å². The molecule has 1 amide bonds. The molecule has 0 radical (unpaired) electrons. The molecule has 0 unspecified atom stereocenters. The van der Waals surface area contributed by atoms with Gasteiger partial charge in [-0.1, -0.05) is 13.8 Å². The van der Waals surface area contributed by atoms with Crippen LogP contribution in [0.2, 0.25) is 0 Å². The highest BCUT2D eigenvalue weighted by atomic mass is 16.2. The smallest absolute Gasteiger partial charge is 0.270 e. The first-order valence-corrected chi connectivity index (χ1v) is 6.21. The second-order valence-electron chi connectivity index (χ2n) is 5.26. The molecule has 0 spiro atoms. The van der Waals surface area contributed by atoms with Gasteiger partial charge in [-0.05, 0) is 32.3 Å². The second-order valence-corrected chi connectivity index (χ2v) is 5.26. The molecular formula is C14H22N2O2. The van der Waals surface area contributed by atoms with Gasteiger partial charge in [-0.15, -0.1) is 0 Å². The largest absolute Gasteiger partial charge is 0.354 e. The van der Waals surface area contributed by atoms with Gasteiger partial charge in [-0.3, -0.25) is 9.59 Å². The third-order valence-electron chi connectivity index (χ3n) is 2.99. The van der Waals surface area contributed by atoms with E-state index in [1.807, 2.05) is 13.8 Å². The molecule has 0 bridgehead atoms. The number of aryl methyl sites for hydroxylation is 1. The molecule has 0 aliphatic heterocycles. The van der Waals surface area contributed by atoms with Gasteiger partial charge in [0.1, 0.15) is 5.69 Å². The van der Waals surface area contributed by atoms with Crippen LogP contribution in [0, 0.1) is 19.8 Å². The maximum atomic E-state index is 12.3. The normalized spacial score (nSPS) is 10.8. The summed E-state index contributed by atoms with van der Waals surface area (Å²) in [5.41, 5.74) is 2.68. The minimum atomic E-state index is -0.0585. The monoisotopic (exact) mass is 250 g/mol. The summed E-state index contributed by atoms with van der Waals surface area (Å²) in [4.78, 5) is 28.5. The predicted octanol–water partition coefficient (Wildman–Crippen LogP) is 2.56. The number of carbonyl (C=O) groups is 2. The number of hydrogen-bond donors (Lipinski definition) is 1. The number of rotatable bonds is 4. The lowest BCUT2D eigenvalue weighted by molar-refractivity contribution is 0.0773. The average Bonchev–Trinajstić information content (AvgIpc) is 2.51. The Morgan fingerprint density at radius 3 is 2.22 bits per heavy atom. The summed E-state index contributed by atoms with van der Waals surface area (Å²) in [5.74, 6) is 0.353. The zero-order valence-corrected chi connectivity index (χ0v) is 12.0. The number of hydrogen-bond acceptors (Lipinski definition) is 2. The fourth-order valence-corrected chi connectivity index (χ4v) is 2.31. The number of H-pyrrole nitrogens is 1. The zero-order chi connectivity index (χ0) is 14.0. The van der Waals surface area contributed by atoms with E-state index in [0.717, 1.165) is 11.3 Å². The molecule has 18 heavy (non-hydrogen) atoms. The summed E-state index contributed by atoms with van der Waals surface area (Å²) in [5, 5.41) is 0. The molecule has 100 valence electrons. The van der Waals surface area contributed by atoms with Crippen molar-refractivity contribution in [3.63, 3.8) is 0 Å². The number of aromatic amines is 1. The van der Waals surface area contributed by atoms with Crippen LogP contribution in [0.15, 0.2) is 0 Å². The molecule has 0 saturated heterocycles. The lowest BCUT2D eigenvalue weighted by Crippen LogP contribution is -2.31. The first-order valence-electron chi connectivity index (χ1n) is 6.21. The van der Waals surface area contributed by atoms with E-state index in [2.05, 4.69) is 18.8 Å². The van der Waals surface area contributed by atoms with E-state index in [1.54, 1.807) is 11.9 Å². The molecule has 4 nitrogen and oxygen atoms in total. The molecule has 0 aliphatic carbocycles. The van der Waals surface area contributed by atoms with Crippen LogP contribution < -0.4 is 0 Å². The van der Waals surface area contributed by atoms with Crippen molar-refractivity contribution in [2.24, 2.45) is 5.92 Å². The number of Topliss-reactive ketones (excluding diaryl/α,β-unsaturated/α-hetero) is 1. The topological polar surface area (TPSA) is 53.2 Å². The van der Waals surface area contributed by atoms with Crippen LogP contribution in [-0.4, -0.2) is 35.2 Å². The molecule has 1 aromatic rings. The number of nitrogens with zero attached hydrogens (tertiary/aromatic N) is 1. The minimum Gasteiger partial charge on any atom is -0.354 e. The van der Waals surface area contributed by atoms with Crippen molar-refractivity contribution in [3.8, 4) is 0 Å². The van der Waals surface area contributed by atoms with E-state index >= 15 is 0 Å². The van der Waals surface area contributed by atoms with Crippen LogP contribution in [0.3, 0.4) is 0 Å². The van der Waals surface area contributed by atoms with Crippen LogP contribution in [0.5, 0.6) is 0 Å². The maximum Gasteiger partial charge on any atom is 0.270 e. The Bertz CT molecular complexity index is 472. The fraction of sp³-hybridized carbons (Fsp3) is 0.571. The number of ketones is 1. The first-order chi connectivity index (χ1) is 8.25. The number of carbonyl (C=O) groups excluding carboxylic acids is 2. The van der Waals surface area contributed by atoms with Crippen molar-refractivity contribution in [2.45, 2.75) is 34.6 Å². The van der Waals surface area contributed by atoms with E-state index < -0.39 is 0 Å². The summed E-state index contributed by atoms with van der Waals surface area (Å²) < 4.78 is 0. The Hall–Kier alpha value is -1.58. The highest BCUT2D eigenvalue weighted by Gasteiger charge is 2.22. The van der Waals surface area contributed by atoms with Gasteiger partial charge in [0.15, 0.2) is 5.78 Å². The summed E-state index contributed by atoms with van der Waals surface area (Å²) in [6.45, 7) is 10.00. The molecule has 1 heterocycles.